The molecule has 1 N–H and O–H groups in total. The lowest BCUT2D eigenvalue weighted by Gasteiger charge is -2.27. The number of alkyl carbamates (subject to hydrolysis) is 1. The quantitative estimate of drug-likeness (QED) is 0.893. The minimum atomic E-state index is -0.304. The minimum absolute atomic E-state index is 0.212. The van der Waals surface area contributed by atoms with Gasteiger partial charge in [-0.2, -0.15) is 0 Å². The first-order chi connectivity index (χ1) is 9.25. The van der Waals surface area contributed by atoms with Crippen molar-refractivity contribution in [1.82, 2.24) is 5.32 Å². The predicted molar refractivity (Wildman–Crippen MR) is 75.8 cm³/mol. The molecule has 104 valence electrons. The summed E-state index contributed by atoms with van der Waals surface area (Å²) in [5, 5.41) is 2.96. The van der Waals surface area contributed by atoms with E-state index in [-0.39, 0.29) is 12.1 Å². The standard InChI is InChI=1S/C16H23NO2/c1-13(15-10-6-3-7-11-15)17-16(18)19-12-14-8-4-2-5-9-14/h2,4-5,8-9,13,15H,3,6-7,10-12H2,1H3,(H,17,18)/t13-/m1/s1. The molecule has 2 rings (SSSR count). The van der Waals surface area contributed by atoms with Crippen LogP contribution in [0.15, 0.2) is 30.3 Å². The van der Waals surface area contributed by atoms with Crippen molar-refractivity contribution < 1.29 is 9.53 Å². The normalized spacial score (nSPS) is 17.7. The van der Waals surface area contributed by atoms with Crippen LogP contribution in [-0.2, 0) is 11.3 Å². The highest BCUT2D eigenvalue weighted by Crippen LogP contribution is 2.26. The van der Waals surface area contributed by atoms with E-state index < -0.39 is 0 Å². The van der Waals surface area contributed by atoms with Crippen LogP contribution in [0.3, 0.4) is 0 Å². The Bertz CT molecular complexity index is 385. The summed E-state index contributed by atoms with van der Waals surface area (Å²) in [5.41, 5.74) is 1.02. The average molecular weight is 261 g/mol. The fourth-order valence-corrected chi connectivity index (χ4v) is 2.70. The van der Waals surface area contributed by atoms with E-state index in [0.717, 1.165) is 5.56 Å². The molecule has 0 heterocycles. The number of amides is 1. The maximum Gasteiger partial charge on any atom is 0.407 e. The van der Waals surface area contributed by atoms with Crippen molar-refractivity contribution in [3.63, 3.8) is 0 Å². The Kier molecular flexibility index (Phi) is 5.25. The van der Waals surface area contributed by atoms with Gasteiger partial charge in [-0.3, -0.25) is 0 Å². The largest absolute Gasteiger partial charge is 0.445 e. The maximum atomic E-state index is 11.7. The molecule has 0 radical (unpaired) electrons. The van der Waals surface area contributed by atoms with Gasteiger partial charge in [0.15, 0.2) is 0 Å². The van der Waals surface area contributed by atoms with Crippen LogP contribution in [0, 0.1) is 5.92 Å². The number of hydrogen-bond acceptors (Lipinski definition) is 2. The zero-order valence-electron chi connectivity index (χ0n) is 11.6. The lowest BCUT2D eigenvalue weighted by atomic mass is 9.85. The Hall–Kier alpha value is -1.51. The predicted octanol–water partition coefficient (Wildman–Crippen LogP) is 3.88. The van der Waals surface area contributed by atoms with Gasteiger partial charge in [0.05, 0.1) is 0 Å². The number of nitrogens with one attached hydrogen (secondary N) is 1. The molecule has 1 fully saturated rings. The molecule has 0 aliphatic heterocycles. The molecule has 1 atom stereocenters. The highest BCUT2D eigenvalue weighted by molar-refractivity contribution is 5.67. The molecule has 0 spiro atoms. The molecule has 3 heteroatoms. The Labute approximate surface area is 115 Å². The molecule has 1 aromatic carbocycles. The van der Waals surface area contributed by atoms with Gasteiger partial charge in [0, 0.05) is 6.04 Å². The number of ether oxygens (including phenoxy) is 1. The van der Waals surface area contributed by atoms with Gasteiger partial charge in [-0.25, -0.2) is 4.79 Å². The van der Waals surface area contributed by atoms with Gasteiger partial charge >= 0.3 is 6.09 Å². The first-order valence-electron chi connectivity index (χ1n) is 7.23. The van der Waals surface area contributed by atoms with Crippen LogP contribution in [0.4, 0.5) is 4.79 Å². The molecule has 1 aliphatic carbocycles. The van der Waals surface area contributed by atoms with Crippen LogP contribution < -0.4 is 5.32 Å². The van der Waals surface area contributed by atoms with E-state index >= 15 is 0 Å². The van der Waals surface area contributed by atoms with Crippen molar-refractivity contribution in [2.75, 3.05) is 0 Å². The number of carbonyl (C=O) groups is 1. The minimum Gasteiger partial charge on any atom is -0.445 e. The summed E-state index contributed by atoms with van der Waals surface area (Å²) in [6.07, 6.45) is 6.05. The summed E-state index contributed by atoms with van der Waals surface area (Å²) in [6.45, 7) is 2.42. The molecular weight excluding hydrogens is 238 g/mol. The molecule has 0 unspecified atom stereocenters. The zero-order valence-corrected chi connectivity index (χ0v) is 11.6. The second kappa shape index (κ2) is 7.17. The fourth-order valence-electron chi connectivity index (χ4n) is 2.70. The van der Waals surface area contributed by atoms with E-state index in [1.807, 2.05) is 30.3 Å². The van der Waals surface area contributed by atoms with Gasteiger partial charge in [0.25, 0.3) is 0 Å². The third kappa shape index (κ3) is 4.58. The molecule has 0 bridgehead atoms. The Morgan fingerprint density at radius 1 is 1.26 bits per heavy atom. The Morgan fingerprint density at radius 2 is 1.95 bits per heavy atom. The van der Waals surface area contributed by atoms with Crippen LogP contribution in [0.25, 0.3) is 0 Å². The lowest BCUT2D eigenvalue weighted by Crippen LogP contribution is -2.39. The summed E-state index contributed by atoms with van der Waals surface area (Å²) in [5.74, 6) is 0.609. The topological polar surface area (TPSA) is 38.3 Å². The molecule has 1 aliphatic rings. The molecule has 0 aromatic heterocycles. The van der Waals surface area contributed by atoms with Gasteiger partial charge < -0.3 is 10.1 Å². The number of hydrogen-bond donors (Lipinski definition) is 1. The van der Waals surface area contributed by atoms with Crippen molar-refractivity contribution in [2.45, 2.75) is 51.7 Å². The number of benzene rings is 1. The summed E-state index contributed by atoms with van der Waals surface area (Å²) < 4.78 is 5.24. The Balaban J connectivity index is 1.71. The van der Waals surface area contributed by atoms with Crippen LogP contribution in [0.2, 0.25) is 0 Å². The smallest absolute Gasteiger partial charge is 0.407 e. The molecule has 0 saturated heterocycles. The van der Waals surface area contributed by atoms with E-state index in [1.54, 1.807) is 0 Å². The fraction of sp³-hybridized carbons (Fsp3) is 0.562. The third-order valence-corrected chi connectivity index (χ3v) is 3.92. The van der Waals surface area contributed by atoms with E-state index in [0.29, 0.717) is 12.5 Å². The summed E-state index contributed by atoms with van der Waals surface area (Å²) in [6, 6.07) is 9.97. The van der Waals surface area contributed by atoms with Crippen molar-refractivity contribution in [2.24, 2.45) is 5.92 Å². The highest BCUT2D eigenvalue weighted by atomic mass is 16.5. The lowest BCUT2D eigenvalue weighted by molar-refractivity contribution is 0.130. The maximum absolute atomic E-state index is 11.7. The summed E-state index contributed by atoms with van der Waals surface area (Å²) in [7, 11) is 0. The first kappa shape index (κ1) is 13.9. The van der Waals surface area contributed by atoms with E-state index in [4.69, 9.17) is 4.74 Å². The Morgan fingerprint density at radius 3 is 2.63 bits per heavy atom. The van der Waals surface area contributed by atoms with Crippen molar-refractivity contribution in [3.05, 3.63) is 35.9 Å². The first-order valence-corrected chi connectivity index (χ1v) is 7.23. The van der Waals surface area contributed by atoms with Crippen LogP contribution in [0.5, 0.6) is 0 Å². The SMILES string of the molecule is C[C@@H](NC(=O)OCc1ccccc1)C1CCCCC1. The van der Waals surface area contributed by atoms with E-state index in [2.05, 4.69) is 12.2 Å². The van der Waals surface area contributed by atoms with Gasteiger partial charge in [-0.15, -0.1) is 0 Å². The second-order valence-corrected chi connectivity index (χ2v) is 5.39. The number of rotatable bonds is 4. The highest BCUT2D eigenvalue weighted by Gasteiger charge is 2.21. The molecule has 19 heavy (non-hydrogen) atoms. The third-order valence-electron chi connectivity index (χ3n) is 3.92. The summed E-state index contributed by atoms with van der Waals surface area (Å²) in [4.78, 5) is 11.7. The van der Waals surface area contributed by atoms with Gasteiger partial charge in [0.2, 0.25) is 0 Å². The molecular formula is C16H23NO2. The number of carbonyl (C=O) groups excluding carboxylic acids is 1. The van der Waals surface area contributed by atoms with Gasteiger partial charge in [-0.1, -0.05) is 49.6 Å². The van der Waals surface area contributed by atoms with E-state index in [9.17, 15) is 4.79 Å². The average Bonchev–Trinajstić information content (AvgIpc) is 2.47. The van der Waals surface area contributed by atoms with Crippen LogP contribution in [-0.4, -0.2) is 12.1 Å². The molecule has 1 saturated carbocycles. The van der Waals surface area contributed by atoms with Gasteiger partial charge in [-0.05, 0) is 31.2 Å². The van der Waals surface area contributed by atoms with E-state index in [1.165, 1.54) is 32.1 Å². The molecule has 1 aromatic rings. The van der Waals surface area contributed by atoms with Crippen LogP contribution in [0.1, 0.15) is 44.6 Å². The molecule has 1 amide bonds. The second-order valence-electron chi connectivity index (χ2n) is 5.39. The van der Waals surface area contributed by atoms with Crippen LogP contribution >= 0.6 is 0 Å². The monoisotopic (exact) mass is 261 g/mol. The molecule has 3 nitrogen and oxygen atoms in total. The van der Waals surface area contributed by atoms with Crippen molar-refractivity contribution >= 4 is 6.09 Å². The van der Waals surface area contributed by atoms with Gasteiger partial charge in [0.1, 0.15) is 6.61 Å². The van der Waals surface area contributed by atoms with Crippen molar-refractivity contribution in [1.29, 1.82) is 0 Å². The summed E-state index contributed by atoms with van der Waals surface area (Å²) >= 11 is 0. The van der Waals surface area contributed by atoms with Crippen molar-refractivity contribution in [3.8, 4) is 0 Å². The zero-order chi connectivity index (χ0) is 13.5.